The fourth-order valence-corrected chi connectivity index (χ4v) is 20.9. The van der Waals surface area contributed by atoms with Crippen molar-refractivity contribution >= 4 is 95.4 Å². The molecule has 0 unspecified atom stereocenters. The number of hydrogen-bond acceptors (Lipinski definition) is 1. The second kappa shape index (κ2) is 29.3. The Balaban J connectivity index is 0.000000179. The van der Waals surface area contributed by atoms with Gasteiger partial charge in [-0.05, 0) is 97.5 Å². The molecule has 1 radical (unpaired) electrons. The van der Waals surface area contributed by atoms with E-state index in [4.69, 9.17) is 0 Å². The van der Waals surface area contributed by atoms with Crippen molar-refractivity contribution < 1.29 is 20.1 Å². The van der Waals surface area contributed by atoms with Crippen LogP contribution in [0.3, 0.4) is 0 Å². The van der Waals surface area contributed by atoms with Gasteiger partial charge in [0.05, 0.1) is 0 Å². The molecule has 79 heavy (non-hydrogen) atoms. The molecule has 12 rings (SSSR count). The molecular formula is C73H67BIrP3S-. The molecule has 0 saturated heterocycles. The van der Waals surface area contributed by atoms with E-state index in [-0.39, 0.29) is 25.5 Å². The predicted molar refractivity (Wildman–Crippen MR) is 351 cm³/mol. The van der Waals surface area contributed by atoms with Crippen LogP contribution in [-0.4, -0.2) is 30.4 Å². The van der Waals surface area contributed by atoms with Crippen molar-refractivity contribution in [3.8, 4) is 0 Å². The zero-order valence-electron chi connectivity index (χ0n) is 44.9. The van der Waals surface area contributed by atoms with Gasteiger partial charge in [-0.15, -0.1) is 11.8 Å². The van der Waals surface area contributed by atoms with Gasteiger partial charge in [-0.1, -0.05) is 328 Å². The molecule has 0 aliphatic carbocycles. The average molecular weight is 1270 g/mol. The molecule has 0 atom stereocenters. The average Bonchev–Trinajstić information content (AvgIpc) is 4.12. The van der Waals surface area contributed by atoms with Gasteiger partial charge in [0.2, 0.25) is 0 Å². The SMILES string of the molecule is CC(CP(c1ccccc1)c1ccccc1)(CP(c1ccccc1)c1ccccc1)CP(c1ccccc1)c1ccccc1.[Ir].c1ccc([B-](c2ccccc2)(c2ccccc2)c2ccccc2)cc1.c1ccc2c(c1)CCS2. The Hall–Kier alpha value is -6.23. The first-order valence-electron chi connectivity index (χ1n) is 27.3. The predicted octanol–water partition coefficient (Wildman–Crippen LogP) is 13.8. The minimum atomic E-state index is -1.22. The molecular weight excluding hydrogens is 1200 g/mol. The summed E-state index contributed by atoms with van der Waals surface area (Å²) in [5.74, 6) is 1.28. The number of aryl methyl sites for hydroxylation is 1. The fourth-order valence-electron chi connectivity index (χ4n) is 11.2. The standard InChI is InChI=1S/C41H39P3.C24H20B.C8H8S.Ir/c1-41(32-42(35-20-8-2-9-21-35)36-22-10-3-11-23-36,33-43(37-24-12-4-13-25-37)38-26-14-5-15-27-38)34-44(39-28-16-6-17-29-39)40-30-18-7-19-31-40;1-5-13-21(14-6-1)25(22-15-7-2-8-16-22,23-17-9-3-10-18-23)24-19-11-4-12-20-24;1-2-4-8-7(3-1)5-6-9-8;/h2-31H,32-34H2,1H3;1-20H;1-4H,5-6H2;/q;-1;;. The summed E-state index contributed by atoms with van der Waals surface area (Å²) in [6, 6.07) is 120. The van der Waals surface area contributed by atoms with E-state index < -0.39 is 29.9 Å². The second-order valence-corrected chi connectivity index (χ2v) is 28.0. The van der Waals surface area contributed by atoms with Crippen LogP contribution >= 0.6 is 35.5 Å². The molecule has 0 saturated carbocycles. The first-order chi connectivity index (χ1) is 38.6. The van der Waals surface area contributed by atoms with E-state index in [9.17, 15) is 0 Å². The number of benzene rings is 11. The van der Waals surface area contributed by atoms with Gasteiger partial charge < -0.3 is 0 Å². The Kier molecular flexibility index (Phi) is 21.3. The van der Waals surface area contributed by atoms with Crippen molar-refractivity contribution in [1.29, 1.82) is 0 Å². The molecule has 0 nitrogen and oxygen atoms in total. The van der Waals surface area contributed by atoms with E-state index in [0.29, 0.717) is 0 Å². The van der Waals surface area contributed by atoms with E-state index in [1.54, 1.807) is 0 Å². The second-order valence-electron chi connectivity index (χ2n) is 20.3. The number of fused-ring (bicyclic) bond motifs is 1. The molecule has 0 spiro atoms. The summed E-state index contributed by atoms with van der Waals surface area (Å²) in [6.07, 6.45) is 3.49. The third kappa shape index (κ3) is 14.8. The van der Waals surface area contributed by atoms with Gasteiger partial charge in [-0.3, -0.25) is 0 Å². The monoisotopic (exact) mass is 1270 g/mol. The van der Waals surface area contributed by atoms with E-state index in [0.717, 1.165) is 18.5 Å². The maximum Gasteiger partial charge on any atom is 0.108 e. The first-order valence-corrected chi connectivity index (χ1v) is 32.9. The summed E-state index contributed by atoms with van der Waals surface area (Å²) < 4.78 is 0. The Labute approximate surface area is 492 Å². The summed E-state index contributed by atoms with van der Waals surface area (Å²) >= 11 is 1.97. The molecule has 11 aromatic carbocycles. The molecule has 1 aliphatic heterocycles. The molecule has 0 fully saturated rings. The molecule has 11 aromatic rings. The van der Waals surface area contributed by atoms with E-state index in [1.165, 1.54) is 76.3 Å². The van der Waals surface area contributed by atoms with Crippen LogP contribution in [0.15, 0.2) is 332 Å². The van der Waals surface area contributed by atoms with E-state index in [1.807, 2.05) is 11.8 Å². The van der Waals surface area contributed by atoms with Crippen LogP contribution in [0.5, 0.6) is 0 Å². The summed E-state index contributed by atoms with van der Waals surface area (Å²) in [5, 5.41) is 8.79. The van der Waals surface area contributed by atoms with Crippen molar-refractivity contribution in [3.63, 3.8) is 0 Å². The van der Waals surface area contributed by atoms with Crippen LogP contribution in [0.2, 0.25) is 0 Å². The Morgan fingerprint density at radius 3 is 0.759 bits per heavy atom. The Bertz CT molecular complexity index is 2950. The number of rotatable bonds is 16. The topological polar surface area (TPSA) is 0 Å². The zero-order chi connectivity index (χ0) is 53.1. The van der Waals surface area contributed by atoms with Gasteiger partial charge in [0.15, 0.2) is 0 Å². The molecule has 393 valence electrons. The van der Waals surface area contributed by atoms with Crippen molar-refractivity contribution in [3.05, 3.63) is 333 Å². The molecule has 0 amide bonds. The minimum Gasteiger partial charge on any atom is -0.195 e. The van der Waals surface area contributed by atoms with Crippen LogP contribution in [0.4, 0.5) is 0 Å². The van der Waals surface area contributed by atoms with Crippen LogP contribution in [0.1, 0.15) is 12.5 Å². The Morgan fingerprint density at radius 2 is 0.519 bits per heavy atom. The molecule has 0 aromatic heterocycles. The molecule has 0 N–H and O–H groups in total. The summed E-state index contributed by atoms with van der Waals surface area (Å²) in [4.78, 5) is 1.48. The molecule has 1 aliphatic rings. The van der Waals surface area contributed by atoms with Crippen molar-refractivity contribution in [1.82, 2.24) is 0 Å². The summed E-state index contributed by atoms with van der Waals surface area (Å²) in [5.41, 5.74) is 6.96. The zero-order valence-corrected chi connectivity index (χ0v) is 50.8. The first kappa shape index (κ1) is 57.5. The summed E-state index contributed by atoms with van der Waals surface area (Å²) in [6.45, 7) is 2.61. The minimum absolute atomic E-state index is 0. The largest absolute Gasteiger partial charge is 0.195 e. The Morgan fingerprint density at radius 1 is 0.304 bits per heavy atom. The third-order valence-corrected chi connectivity index (χ3v) is 24.7. The van der Waals surface area contributed by atoms with Gasteiger partial charge in [-0.2, -0.15) is 21.9 Å². The van der Waals surface area contributed by atoms with E-state index >= 15 is 0 Å². The van der Waals surface area contributed by atoms with Crippen LogP contribution < -0.4 is 53.7 Å². The van der Waals surface area contributed by atoms with Gasteiger partial charge in [-0.25, -0.2) is 0 Å². The van der Waals surface area contributed by atoms with Gasteiger partial charge >= 0.3 is 0 Å². The van der Waals surface area contributed by atoms with Crippen LogP contribution in [0, 0.1) is 5.41 Å². The number of hydrogen-bond donors (Lipinski definition) is 0. The van der Waals surface area contributed by atoms with Crippen molar-refractivity contribution in [2.75, 3.05) is 24.2 Å². The van der Waals surface area contributed by atoms with Crippen LogP contribution in [0.25, 0.3) is 0 Å². The maximum absolute atomic E-state index is 2.61. The van der Waals surface area contributed by atoms with Gasteiger partial charge in [0, 0.05) is 30.8 Å². The normalized spacial score (nSPS) is 11.8. The quantitative estimate of drug-likeness (QED) is 0.0686. The molecule has 1 heterocycles. The molecule has 0 bridgehead atoms. The molecule has 6 heteroatoms. The van der Waals surface area contributed by atoms with Crippen LogP contribution in [-0.2, 0) is 26.5 Å². The summed E-state index contributed by atoms with van der Waals surface area (Å²) in [7, 11) is -1.66. The van der Waals surface area contributed by atoms with Gasteiger partial charge in [0.25, 0.3) is 0 Å². The van der Waals surface area contributed by atoms with Crippen molar-refractivity contribution in [2.45, 2.75) is 18.2 Å². The van der Waals surface area contributed by atoms with Gasteiger partial charge in [0.1, 0.15) is 6.15 Å². The fraction of sp³-hybridized carbons (Fsp3) is 0.0959. The maximum atomic E-state index is 2.61. The smallest absolute Gasteiger partial charge is 0.108 e. The third-order valence-electron chi connectivity index (χ3n) is 14.8. The van der Waals surface area contributed by atoms with E-state index in [2.05, 4.69) is 335 Å². The number of thioether (sulfide) groups is 1. The van der Waals surface area contributed by atoms with Crippen molar-refractivity contribution in [2.24, 2.45) is 5.41 Å².